The van der Waals surface area contributed by atoms with Gasteiger partial charge < -0.3 is 14.8 Å². The fraction of sp³-hybridized carbons (Fsp3) is 0.650. The van der Waals surface area contributed by atoms with E-state index in [1.165, 1.54) is 19.3 Å². The molecule has 5 aliphatic rings. The molecule has 0 saturated heterocycles. The number of hydrogen-bond donors (Lipinski definition) is 1. The van der Waals surface area contributed by atoms with Crippen molar-refractivity contribution in [1.29, 1.82) is 0 Å². The maximum atomic E-state index is 13.1. The van der Waals surface area contributed by atoms with E-state index in [0.29, 0.717) is 25.0 Å². The van der Waals surface area contributed by atoms with Gasteiger partial charge in [-0.25, -0.2) is 0 Å². The number of benzene rings is 1. The Morgan fingerprint density at radius 2 is 1.88 bits per heavy atom. The number of para-hydroxylation sites is 2. The highest BCUT2D eigenvalue weighted by Crippen LogP contribution is 2.64. The highest BCUT2D eigenvalue weighted by molar-refractivity contribution is 9.10. The molecule has 1 N–H and O–H groups in total. The Morgan fingerprint density at radius 3 is 2.60 bits per heavy atom. The van der Waals surface area contributed by atoms with Gasteiger partial charge in [0.25, 0.3) is 0 Å². The van der Waals surface area contributed by atoms with Crippen molar-refractivity contribution in [3.8, 4) is 11.5 Å². The molecule has 1 aromatic rings. The van der Waals surface area contributed by atoms with Crippen LogP contribution < -0.4 is 14.8 Å². The minimum atomic E-state index is -0.166. The third-order valence-corrected chi connectivity index (χ3v) is 7.46. The van der Waals surface area contributed by atoms with Gasteiger partial charge in [-0.2, -0.15) is 0 Å². The first-order valence-electron chi connectivity index (χ1n) is 9.39. The molecular weight excluding hydrogens is 382 g/mol. The van der Waals surface area contributed by atoms with E-state index in [0.717, 1.165) is 30.8 Å². The molecule has 1 aliphatic heterocycles. The molecule has 25 heavy (non-hydrogen) atoms. The fourth-order valence-corrected chi connectivity index (χ4v) is 7.43. The van der Waals surface area contributed by atoms with Gasteiger partial charge in [0.05, 0.1) is 12.0 Å². The summed E-state index contributed by atoms with van der Waals surface area (Å²) < 4.78 is 11.9. The number of fused-ring (bicyclic) bond motifs is 1. The largest absolute Gasteiger partial charge is 0.486 e. The van der Waals surface area contributed by atoms with E-state index in [1.807, 2.05) is 24.3 Å². The molecule has 1 amide bonds. The average molecular weight is 406 g/mol. The third kappa shape index (κ3) is 2.75. The first-order valence-corrected chi connectivity index (χ1v) is 10.2. The van der Waals surface area contributed by atoms with Crippen LogP contribution >= 0.6 is 15.9 Å². The Hall–Kier alpha value is -1.23. The van der Waals surface area contributed by atoms with Crippen LogP contribution in [-0.4, -0.2) is 29.5 Å². The first-order chi connectivity index (χ1) is 12.0. The predicted molar refractivity (Wildman–Crippen MR) is 98.1 cm³/mol. The summed E-state index contributed by atoms with van der Waals surface area (Å²) in [5, 5.41) is 3.19. The molecule has 5 heteroatoms. The van der Waals surface area contributed by atoms with Crippen molar-refractivity contribution in [3.05, 3.63) is 24.3 Å². The van der Waals surface area contributed by atoms with Gasteiger partial charge in [0.15, 0.2) is 11.5 Å². The average Bonchev–Trinajstić information content (AvgIpc) is 2.57. The van der Waals surface area contributed by atoms with Crippen LogP contribution in [0.2, 0.25) is 0 Å². The number of rotatable bonds is 3. The Morgan fingerprint density at radius 1 is 1.16 bits per heavy atom. The van der Waals surface area contributed by atoms with Crippen molar-refractivity contribution in [2.24, 2.45) is 17.3 Å². The molecular formula is C20H24BrNO3. The second kappa shape index (κ2) is 5.63. The number of amides is 1. The first kappa shape index (κ1) is 16.0. The molecule has 134 valence electrons. The number of halogens is 1. The van der Waals surface area contributed by atoms with Crippen molar-refractivity contribution < 1.29 is 14.3 Å². The number of alkyl halides is 1. The molecule has 4 fully saturated rings. The molecule has 0 radical (unpaired) electrons. The molecule has 6 rings (SSSR count). The highest BCUT2D eigenvalue weighted by atomic mass is 79.9. The smallest absolute Gasteiger partial charge is 0.226 e. The molecule has 0 spiro atoms. The van der Waals surface area contributed by atoms with Crippen LogP contribution in [0.1, 0.15) is 38.5 Å². The van der Waals surface area contributed by atoms with Crippen LogP contribution in [0, 0.1) is 17.3 Å². The lowest BCUT2D eigenvalue weighted by Gasteiger charge is -2.59. The Balaban J connectivity index is 1.24. The van der Waals surface area contributed by atoms with Crippen LogP contribution in [0.15, 0.2) is 24.3 Å². The van der Waals surface area contributed by atoms with E-state index in [4.69, 9.17) is 9.47 Å². The lowest BCUT2D eigenvalue weighted by Crippen LogP contribution is -2.59. The lowest BCUT2D eigenvalue weighted by atomic mass is 9.49. The molecule has 2 unspecified atom stereocenters. The predicted octanol–water partition coefficient (Wildman–Crippen LogP) is 3.68. The summed E-state index contributed by atoms with van der Waals surface area (Å²) in [7, 11) is 0. The maximum absolute atomic E-state index is 13.1. The van der Waals surface area contributed by atoms with Crippen LogP contribution in [0.4, 0.5) is 0 Å². The van der Waals surface area contributed by atoms with Crippen molar-refractivity contribution >= 4 is 21.8 Å². The maximum Gasteiger partial charge on any atom is 0.226 e. The Labute approximate surface area is 156 Å². The summed E-state index contributed by atoms with van der Waals surface area (Å²) in [5.74, 6) is 3.21. The van der Waals surface area contributed by atoms with Crippen molar-refractivity contribution in [2.75, 3.05) is 13.2 Å². The van der Waals surface area contributed by atoms with E-state index in [2.05, 4.69) is 21.2 Å². The summed E-state index contributed by atoms with van der Waals surface area (Å²) in [5.41, 5.74) is -0.166. The minimum absolute atomic E-state index is 0.120. The van der Waals surface area contributed by atoms with Crippen LogP contribution in [-0.2, 0) is 4.79 Å². The summed E-state index contributed by atoms with van der Waals surface area (Å²) >= 11 is 3.98. The van der Waals surface area contributed by atoms with Crippen molar-refractivity contribution in [1.82, 2.24) is 5.32 Å². The van der Waals surface area contributed by atoms with Gasteiger partial charge >= 0.3 is 0 Å². The summed E-state index contributed by atoms with van der Waals surface area (Å²) in [6, 6.07) is 7.70. The Bertz CT molecular complexity index is 692. The topological polar surface area (TPSA) is 47.6 Å². The zero-order valence-electron chi connectivity index (χ0n) is 14.3. The molecule has 5 atom stereocenters. The van der Waals surface area contributed by atoms with E-state index in [1.54, 1.807) is 0 Å². The van der Waals surface area contributed by atoms with Gasteiger partial charge in [-0.15, -0.1) is 0 Å². The summed E-state index contributed by atoms with van der Waals surface area (Å²) in [4.78, 5) is 13.1. The normalized spacial score (nSPS) is 40.8. The molecule has 1 aromatic carbocycles. The number of carbonyl (C=O) groups is 1. The van der Waals surface area contributed by atoms with E-state index in [-0.39, 0.29) is 21.8 Å². The zero-order valence-corrected chi connectivity index (χ0v) is 15.9. The highest BCUT2D eigenvalue weighted by Gasteiger charge is 2.59. The number of hydrogen-bond acceptors (Lipinski definition) is 3. The van der Waals surface area contributed by atoms with Crippen LogP contribution in [0.5, 0.6) is 11.5 Å². The second-order valence-electron chi connectivity index (χ2n) is 8.60. The molecule has 4 bridgehead atoms. The summed E-state index contributed by atoms with van der Waals surface area (Å²) in [6.45, 7) is 0.997. The van der Waals surface area contributed by atoms with Crippen molar-refractivity contribution in [3.63, 3.8) is 0 Å². The van der Waals surface area contributed by atoms with Gasteiger partial charge in [-0.3, -0.25) is 4.79 Å². The SMILES string of the molecule is O=C(NC[C@@H]1COc2ccccc2O1)C12C[C@@H]3C[C@@H](CC(Br)(C3)C1)C2. The van der Waals surface area contributed by atoms with E-state index < -0.39 is 0 Å². The second-order valence-corrected chi connectivity index (χ2v) is 10.3. The third-order valence-electron chi connectivity index (χ3n) is 6.53. The number of ether oxygens (including phenoxy) is 2. The van der Waals surface area contributed by atoms with Crippen molar-refractivity contribution in [2.45, 2.75) is 49.0 Å². The van der Waals surface area contributed by atoms with Gasteiger partial charge in [-0.05, 0) is 62.5 Å². The van der Waals surface area contributed by atoms with Crippen LogP contribution in [0.3, 0.4) is 0 Å². The molecule has 4 nitrogen and oxygen atoms in total. The minimum Gasteiger partial charge on any atom is -0.486 e. The molecule has 4 aliphatic carbocycles. The van der Waals surface area contributed by atoms with E-state index >= 15 is 0 Å². The number of nitrogens with one attached hydrogen (secondary N) is 1. The quantitative estimate of drug-likeness (QED) is 0.780. The van der Waals surface area contributed by atoms with Gasteiger partial charge in [0, 0.05) is 4.32 Å². The van der Waals surface area contributed by atoms with E-state index in [9.17, 15) is 4.79 Å². The zero-order chi connectivity index (χ0) is 17.1. The summed E-state index contributed by atoms with van der Waals surface area (Å²) in [6.07, 6.45) is 6.80. The van der Waals surface area contributed by atoms with Crippen LogP contribution in [0.25, 0.3) is 0 Å². The molecule has 4 saturated carbocycles. The number of carbonyl (C=O) groups excluding carboxylic acids is 1. The lowest BCUT2D eigenvalue weighted by molar-refractivity contribution is -0.144. The fourth-order valence-electron chi connectivity index (χ4n) is 5.97. The van der Waals surface area contributed by atoms with Gasteiger partial charge in [0.1, 0.15) is 12.7 Å². The van der Waals surface area contributed by atoms with Gasteiger partial charge in [0.2, 0.25) is 5.91 Å². The Kier molecular flexibility index (Phi) is 3.60. The monoisotopic (exact) mass is 405 g/mol. The molecule has 0 aromatic heterocycles. The standard InChI is InChI=1S/C20H24BrNO3/c21-20-8-13-5-14(9-20)7-19(6-13,12-20)18(23)22-10-15-11-24-16-3-1-2-4-17(16)25-15/h1-4,13-15H,5-12H2,(H,22,23)/t13-,14+,15-,19?,20?/m1/s1. The molecule has 1 heterocycles. The van der Waals surface area contributed by atoms with Gasteiger partial charge in [-0.1, -0.05) is 28.1 Å².